The summed E-state index contributed by atoms with van der Waals surface area (Å²) < 4.78 is 0. The Morgan fingerprint density at radius 3 is 2.96 bits per heavy atom. The number of benzene rings is 1. The van der Waals surface area contributed by atoms with E-state index >= 15 is 0 Å². The van der Waals surface area contributed by atoms with Gasteiger partial charge < -0.3 is 10.2 Å². The lowest BCUT2D eigenvalue weighted by molar-refractivity contribution is 0.0959. The van der Waals surface area contributed by atoms with E-state index in [1.165, 1.54) is 41.6 Å². The molecule has 1 aromatic carbocycles. The first-order valence-corrected chi connectivity index (χ1v) is 8.85. The zero-order valence-corrected chi connectivity index (χ0v) is 14.3. The zero-order valence-electron chi connectivity index (χ0n) is 13.5. The predicted molar refractivity (Wildman–Crippen MR) is 95.0 cm³/mol. The lowest BCUT2D eigenvalue weighted by atomic mass is 9.87. The van der Waals surface area contributed by atoms with Crippen molar-refractivity contribution in [3.05, 3.63) is 45.1 Å². The number of fused-ring (bicyclic) bond motifs is 1. The van der Waals surface area contributed by atoms with Crippen LogP contribution in [0.15, 0.2) is 29.4 Å². The van der Waals surface area contributed by atoms with E-state index in [9.17, 15) is 15.0 Å². The number of phenols is 2. The highest BCUT2D eigenvalue weighted by Crippen LogP contribution is 2.33. The summed E-state index contributed by atoms with van der Waals surface area (Å²) in [7, 11) is 0. The molecular formula is C18H20N2O3S. The molecule has 0 aliphatic heterocycles. The van der Waals surface area contributed by atoms with Gasteiger partial charge in [0.1, 0.15) is 0 Å². The molecule has 1 amide bonds. The Morgan fingerprint density at radius 2 is 2.21 bits per heavy atom. The fraction of sp³-hybridized carbons (Fsp3) is 0.333. The summed E-state index contributed by atoms with van der Waals surface area (Å²) in [5.41, 5.74) is 4.40. The maximum absolute atomic E-state index is 12.2. The van der Waals surface area contributed by atoms with Gasteiger partial charge in [-0.25, -0.2) is 5.43 Å². The number of aromatic hydroxyl groups is 2. The van der Waals surface area contributed by atoms with Crippen molar-refractivity contribution in [2.75, 3.05) is 0 Å². The average Bonchev–Trinajstić information content (AvgIpc) is 3.01. The van der Waals surface area contributed by atoms with Crippen molar-refractivity contribution in [2.45, 2.75) is 32.6 Å². The first-order valence-electron chi connectivity index (χ1n) is 8.03. The van der Waals surface area contributed by atoms with Crippen molar-refractivity contribution < 1.29 is 15.0 Å². The Labute approximate surface area is 144 Å². The molecule has 6 heteroatoms. The summed E-state index contributed by atoms with van der Waals surface area (Å²) in [4.78, 5) is 14.2. The SMILES string of the molecule is CC[C@@H]1CCc2sc(C(=O)N/N=C\c3ccc(O)c(O)c3)cc2C1. The lowest BCUT2D eigenvalue weighted by Gasteiger charge is -2.19. The quantitative estimate of drug-likeness (QED) is 0.451. The predicted octanol–water partition coefficient (Wildman–Crippen LogP) is 3.44. The summed E-state index contributed by atoms with van der Waals surface area (Å²) >= 11 is 1.55. The maximum Gasteiger partial charge on any atom is 0.281 e. The number of rotatable bonds is 4. The second kappa shape index (κ2) is 7.05. The standard InChI is InChI=1S/C18H20N2O3S/c1-2-11-4-6-16-13(7-11)9-17(24-16)18(23)20-19-10-12-3-5-14(21)15(22)8-12/h3,5,8-11,21-22H,2,4,6-7H2,1H3,(H,20,23)/b19-10-/t11-/m1/s1. The van der Waals surface area contributed by atoms with Crippen LogP contribution in [-0.2, 0) is 12.8 Å². The highest BCUT2D eigenvalue weighted by atomic mass is 32.1. The first kappa shape index (κ1) is 16.5. The van der Waals surface area contributed by atoms with Crippen LogP contribution in [0.2, 0.25) is 0 Å². The fourth-order valence-electron chi connectivity index (χ4n) is 2.90. The highest BCUT2D eigenvalue weighted by Gasteiger charge is 2.21. The maximum atomic E-state index is 12.2. The van der Waals surface area contributed by atoms with E-state index in [2.05, 4.69) is 17.5 Å². The second-order valence-corrected chi connectivity index (χ2v) is 7.16. The van der Waals surface area contributed by atoms with Gasteiger partial charge in [-0.05, 0) is 60.6 Å². The smallest absolute Gasteiger partial charge is 0.281 e. The molecule has 1 heterocycles. The number of aryl methyl sites for hydroxylation is 1. The van der Waals surface area contributed by atoms with Crippen molar-refractivity contribution in [3.8, 4) is 11.5 Å². The monoisotopic (exact) mass is 344 g/mol. The van der Waals surface area contributed by atoms with Crippen LogP contribution in [0.4, 0.5) is 0 Å². The van der Waals surface area contributed by atoms with Crippen molar-refractivity contribution in [2.24, 2.45) is 11.0 Å². The molecule has 24 heavy (non-hydrogen) atoms. The molecule has 3 N–H and O–H groups in total. The van der Waals surface area contributed by atoms with E-state index in [4.69, 9.17) is 0 Å². The number of nitrogens with zero attached hydrogens (tertiary/aromatic N) is 1. The van der Waals surface area contributed by atoms with Crippen LogP contribution < -0.4 is 5.43 Å². The van der Waals surface area contributed by atoms with Gasteiger partial charge in [0, 0.05) is 4.88 Å². The minimum atomic E-state index is -0.221. The molecule has 3 rings (SSSR count). The highest BCUT2D eigenvalue weighted by molar-refractivity contribution is 7.14. The molecule has 126 valence electrons. The van der Waals surface area contributed by atoms with Crippen LogP contribution in [0.5, 0.6) is 11.5 Å². The zero-order chi connectivity index (χ0) is 17.1. The molecule has 1 aliphatic rings. The van der Waals surface area contributed by atoms with E-state index in [-0.39, 0.29) is 17.4 Å². The molecule has 0 spiro atoms. The summed E-state index contributed by atoms with van der Waals surface area (Å²) in [5, 5.41) is 22.6. The number of hydrazone groups is 1. The number of phenolic OH excluding ortho intramolecular Hbond substituents is 2. The number of carbonyl (C=O) groups excluding carboxylic acids is 1. The van der Waals surface area contributed by atoms with Crippen LogP contribution in [0.3, 0.4) is 0 Å². The summed E-state index contributed by atoms with van der Waals surface area (Å²) in [6.45, 7) is 2.21. The number of carbonyl (C=O) groups is 1. The molecule has 1 atom stereocenters. The van der Waals surface area contributed by atoms with Gasteiger partial charge in [-0.2, -0.15) is 5.10 Å². The molecule has 1 aromatic heterocycles. The summed E-state index contributed by atoms with van der Waals surface area (Å²) in [6, 6.07) is 6.33. The van der Waals surface area contributed by atoms with Gasteiger partial charge in [-0.1, -0.05) is 13.3 Å². The Kier molecular flexibility index (Phi) is 4.85. The van der Waals surface area contributed by atoms with E-state index < -0.39 is 0 Å². The van der Waals surface area contributed by atoms with Crippen molar-refractivity contribution in [3.63, 3.8) is 0 Å². The van der Waals surface area contributed by atoms with Crippen LogP contribution >= 0.6 is 11.3 Å². The Balaban J connectivity index is 1.64. The molecule has 2 aromatic rings. The van der Waals surface area contributed by atoms with Crippen LogP contribution in [0, 0.1) is 5.92 Å². The Bertz CT molecular complexity index is 783. The third-order valence-corrected chi connectivity index (χ3v) is 5.60. The van der Waals surface area contributed by atoms with E-state index in [0.29, 0.717) is 10.4 Å². The molecule has 5 nitrogen and oxygen atoms in total. The van der Waals surface area contributed by atoms with Gasteiger partial charge in [0.25, 0.3) is 5.91 Å². The third kappa shape index (κ3) is 3.59. The van der Waals surface area contributed by atoms with Crippen LogP contribution in [0.25, 0.3) is 0 Å². The van der Waals surface area contributed by atoms with Gasteiger partial charge in [0.15, 0.2) is 11.5 Å². The topological polar surface area (TPSA) is 81.9 Å². The van der Waals surface area contributed by atoms with E-state index in [1.807, 2.05) is 6.07 Å². The number of nitrogens with one attached hydrogen (secondary N) is 1. The van der Waals surface area contributed by atoms with Gasteiger partial charge in [0.05, 0.1) is 11.1 Å². The van der Waals surface area contributed by atoms with Gasteiger partial charge in [0.2, 0.25) is 0 Å². The molecule has 0 fully saturated rings. The number of thiophene rings is 1. The van der Waals surface area contributed by atoms with Crippen molar-refractivity contribution in [1.82, 2.24) is 5.43 Å². The van der Waals surface area contributed by atoms with E-state index in [0.717, 1.165) is 18.8 Å². The Morgan fingerprint density at radius 1 is 1.38 bits per heavy atom. The van der Waals surface area contributed by atoms with E-state index in [1.54, 1.807) is 17.4 Å². The summed E-state index contributed by atoms with van der Waals surface area (Å²) in [6.07, 6.45) is 5.93. The minimum Gasteiger partial charge on any atom is -0.504 e. The number of hydrogen-bond donors (Lipinski definition) is 3. The van der Waals surface area contributed by atoms with Crippen LogP contribution in [-0.4, -0.2) is 22.3 Å². The second-order valence-electron chi connectivity index (χ2n) is 6.02. The Hall–Kier alpha value is -2.34. The third-order valence-electron chi connectivity index (χ3n) is 4.37. The number of amides is 1. The van der Waals surface area contributed by atoms with Gasteiger partial charge in [-0.3, -0.25) is 4.79 Å². The molecule has 0 bridgehead atoms. The minimum absolute atomic E-state index is 0.189. The van der Waals surface area contributed by atoms with Crippen molar-refractivity contribution >= 4 is 23.5 Å². The normalized spacial score (nSPS) is 17.0. The lowest BCUT2D eigenvalue weighted by Crippen LogP contribution is -2.16. The molecule has 0 saturated carbocycles. The molecule has 1 aliphatic carbocycles. The molecule has 0 unspecified atom stereocenters. The number of hydrogen-bond acceptors (Lipinski definition) is 5. The van der Waals surface area contributed by atoms with Gasteiger partial charge in [-0.15, -0.1) is 11.3 Å². The molecular weight excluding hydrogens is 324 g/mol. The summed E-state index contributed by atoms with van der Waals surface area (Å²) in [5.74, 6) is 0.0947. The molecule has 0 saturated heterocycles. The average molecular weight is 344 g/mol. The fourth-order valence-corrected chi connectivity index (χ4v) is 4.00. The van der Waals surface area contributed by atoms with Gasteiger partial charge >= 0.3 is 0 Å². The first-order chi connectivity index (χ1) is 11.6. The largest absolute Gasteiger partial charge is 0.504 e. The van der Waals surface area contributed by atoms with Crippen LogP contribution in [0.1, 0.15) is 45.4 Å². The molecule has 0 radical (unpaired) electrons. The van der Waals surface area contributed by atoms with Crippen molar-refractivity contribution in [1.29, 1.82) is 0 Å².